The quantitative estimate of drug-likeness (QED) is 0.573. The molecule has 1 heterocycles. The number of imidazole rings is 1. The Balaban J connectivity index is 1.85. The fraction of sp³-hybridized carbons (Fsp3) is 0.533. The van der Waals surface area contributed by atoms with Crippen molar-refractivity contribution in [3.63, 3.8) is 0 Å². The Labute approximate surface area is 133 Å². The molecule has 0 spiro atoms. The highest BCUT2D eigenvalue weighted by atomic mass is 35.5. The number of fused-ring (bicyclic) bond motifs is 1. The molecule has 1 atom stereocenters. The number of halogens is 3. The third kappa shape index (κ3) is 3.33. The van der Waals surface area contributed by atoms with E-state index in [4.69, 9.17) is 27.9 Å². The summed E-state index contributed by atoms with van der Waals surface area (Å²) in [6, 6.07) is 2.95. The van der Waals surface area contributed by atoms with Gasteiger partial charge in [0.15, 0.2) is 0 Å². The summed E-state index contributed by atoms with van der Waals surface area (Å²) < 4.78 is 21.3. The molecule has 1 unspecified atom stereocenters. The van der Waals surface area contributed by atoms with Gasteiger partial charge in [-0.05, 0) is 31.7 Å². The Bertz CT molecular complexity index is 653. The number of aromatic nitrogens is 2. The number of ether oxygens (including phenoxy) is 1. The number of benzene rings is 1. The smallest absolute Gasteiger partial charge is 0.144 e. The molecular weight excluding hydrogens is 314 g/mol. The Morgan fingerprint density at radius 1 is 1.48 bits per heavy atom. The van der Waals surface area contributed by atoms with Crippen LogP contribution in [0.1, 0.15) is 31.0 Å². The molecule has 0 aliphatic heterocycles. The van der Waals surface area contributed by atoms with Gasteiger partial charge in [0.1, 0.15) is 11.6 Å². The molecule has 0 bridgehead atoms. The van der Waals surface area contributed by atoms with Crippen molar-refractivity contribution in [1.82, 2.24) is 9.55 Å². The van der Waals surface area contributed by atoms with E-state index in [-0.39, 0.29) is 10.4 Å². The molecule has 1 aromatic heterocycles. The maximum atomic E-state index is 13.7. The van der Waals surface area contributed by atoms with E-state index in [0.717, 1.165) is 12.5 Å². The Hall–Kier alpha value is -0.840. The predicted octanol–water partition coefficient (Wildman–Crippen LogP) is 4.56. The fourth-order valence-electron chi connectivity index (χ4n) is 2.37. The average molecular weight is 331 g/mol. The van der Waals surface area contributed by atoms with Gasteiger partial charge in [0, 0.05) is 19.2 Å². The third-order valence-electron chi connectivity index (χ3n) is 3.69. The van der Waals surface area contributed by atoms with Crippen molar-refractivity contribution in [3.8, 4) is 0 Å². The molecule has 1 fully saturated rings. The summed E-state index contributed by atoms with van der Waals surface area (Å²) >= 11 is 12.0. The van der Waals surface area contributed by atoms with Crippen molar-refractivity contribution < 1.29 is 9.13 Å². The van der Waals surface area contributed by atoms with Crippen LogP contribution in [0.5, 0.6) is 0 Å². The standard InChI is InChI=1S/C15H17Cl2FN2O/c1-9(16)15-19-13-6-11(17)12(18)7-14(13)20(15)4-5-21-8-10-2-3-10/h6-7,9-10H,2-5,8H2,1H3. The summed E-state index contributed by atoms with van der Waals surface area (Å²) in [4.78, 5) is 4.46. The molecule has 3 nitrogen and oxygen atoms in total. The lowest BCUT2D eigenvalue weighted by Gasteiger charge is -2.11. The Morgan fingerprint density at radius 3 is 2.90 bits per heavy atom. The van der Waals surface area contributed by atoms with Crippen LogP contribution in [0, 0.1) is 11.7 Å². The van der Waals surface area contributed by atoms with Gasteiger partial charge in [0.25, 0.3) is 0 Å². The minimum Gasteiger partial charge on any atom is -0.379 e. The molecule has 2 aromatic rings. The van der Waals surface area contributed by atoms with E-state index in [9.17, 15) is 4.39 Å². The normalized spacial score (nSPS) is 16.6. The number of hydrogen-bond acceptors (Lipinski definition) is 2. The average Bonchev–Trinajstić information content (AvgIpc) is 3.19. The van der Waals surface area contributed by atoms with Crippen LogP contribution < -0.4 is 0 Å². The second-order valence-corrected chi connectivity index (χ2v) is 6.57. The van der Waals surface area contributed by atoms with Gasteiger partial charge in [0.2, 0.25) is 0 Å². The van der Waals surface area contributed by atoms with Gasteiger partial charge in [-0.2, -0.15) is 0 Å². The Kier molecular flexibility index (Phi) is 4.38. The van der Waals surface area contributed by atoms with E-state index >= 15 is 0 Å². The van der Waals surface area contributed by atoms with E-state index in [0.29, 0.717) is 30.0 Å². The highest BCUT2D eigenvalue weighted by Gasteiger charge is 2.21. The zero-order valence-corrected chi connectivity index (χ0v) is 13.3. The molecule has 0 radical (unpaired) electrons. The van der Waals surface area contributed by atoms with Crippen LogP contribution in [0.2, 0.25) is 5.02 Å². The minimum absolute atomic E-state index is 0.0749. The van der Waals surface area contributed by atoms with Crippen molar-refractivity contribution in [2.24, 2.45) is 5.92 Å². The van der Waals surface area contributed by atoms with Crippen LogP contribution in [0.3, 0.4) is 0 Å². The molecule has 1 aromatic carbocycles. The highest BCUT2D eigenvalue weighted by Crippen LogP contribution is 2.30. The van der Waals surface area contributed by atoms with Gasteiger partial charge >= 0.3 is 0 Å². The molecule has 6 heteroatoms. The first kappa shape index (κ1) is 15.1. The van der Waals surface area contributed by atoms with Crippen LogP contribution in [-0.4, -0.2) is 22.8 Å². The Morgan fingerprint density at radius 2 is 2.24 bits per heavy atom. The molecule has 3 rings (SSSR count). The van der Waals surface area contributed by atoms with Gasteiger partial charge in [-0.25, -0.2) is 9.37 Å². The molecule has 1 aliphatic carbocycles. The molecule has 0 amide bonds. The van der Waals surface area contributed by atoms with Crippen LogP contribution in [0.25, 0.3) is 11.0 Å². The lowest BCUT2D eigenvalue weighted by Crippen LogP contribution is -2.11. The van der Waals surface area contributed by atoms with Crippen molar-refractivity contribution in [2.45, 2.75) is 31.7 Å². The van der Waals surface area contributed by atoms with E-state index in [1.54, 1.807) is 0 Å². The molecule has 1 saturated carbocycles. The summed E-state index contributed by atoms with van der Waals surface area (Å²) in [6.07, 6.45) is 2.53. The lowest BCUT2D eigenvalue weighted by atomic mass is 10.3. The third-order valence-corrected chi connectivity index (χ3v) is 4.17. The van der Waals surface area contributed by atoms with Crippen LogP contribution >= 0.6 is 23.2 Å². The van der Waals surface area contributed by atoms with E-state index in [1.165, 1.54) is 25.0 Å². The number of hydrogen-bond donors (Lipinski definition) is 0. The summed E-state index contributed by atoms with van der Waals surface area (Å²) in [6.45, 7) is 3.83. The predicted molar refractivity (Wildman–Crippen MR) is 82.5 cm³/mol. The van der Waals surface area contributed by atoms with Gasteiger partial charge in [-0.15, -0.1) is 11.6 Å². The topological polar surface area (TPSA) is 27.1 Å². The number of nitrogens with zero attached hydrogens (tertiary/aromatic N) is 2. The first-order valence-electron chi connectivity index (χ1n) is 7.13. The maximum absolute atomic E-state index is 13.7. The molecular formula is C15H17Cl2FN2O. The highest BCUT2D eigenvalue weighted by molar-refractivity contribution is 6.31. The zero-order valence-electron chi connectivity index (χ0n) is 11.8. The van der Waals surface area contributed by atoms with Crippen molar-refractivity contribution in [3.05, 3.63) is 28.8 Å². The summed E-state index contributed by atoms with van der Waals surface area (Å²) in [5, 5.41) is -0.187. The van der Waals surface area contributed by atoms with E-state index in [1.807, 2.05) is 11.5 Å². The number of alkyl halides is 1. The van der Waals surface area contributed by atoms with Gasteiger partial charge in [-0.3, -0.25) is 0 Å². The van der Waals surface area contributed by atoms with Crippen LogP contribution in [0.15, 0.2) is 12.1 Å². The SMILES string of the molecule is CC(Cl)c1nc2cc(Cl)c(F)cc2n1CCOCC1CC1. The van der Waals surface area contributed by atoms with E-state index in [2.05, 4.69) is 4.98 Å². The lowest BCUT2D eigenvalue weighted by molar-refractivity contribution is 0.117. The van der Waals surface area contributed by atoms with Crippen molar-refractivity contribution in [1.29, 1.82) is 0 Å². The molecule has 0 N–H and O–H groups in total. The molecule has 114 valence electrons. The summed E-state index contributed by atoms with van der Waals surface area (Å²) in [5.74, 6) is 0.994. The van der Waals surface area contributed by atoms with Crippen LogP contribution in [-0.2, 0) is 11.3 Å². The van der Waals surface area contributed by atoms with Gasteiger partial charge in [-0.1, -0.05) is 11.6 Å². The van der Waals surface area contributed by atoms with Crippen molar-refractivity contribution in [2.75, 3.05) is 13.2 Å². The maximum Gasteiger partial charge on any atom is 0.144 e. The minimum atomic E-state index is -0.446. The van der Waals surface area contributed by atoms with Gasteiger partial charge in [0.05, 0.1) is 28.0 Å². The second-order valence-electron chi connectivity index (χ2n) is 5.51. The fourth-order valence-corrected chi connectivity index (χ4v) is 2.69. The van der Waals surface area contributed by atoms with Crippen molar-refractivity contribution >= 4 is 34.2 Å². The first-order chi connectivity index (χ1) is 10.1. The second kappa shape index (κ2) is 6.11. The van der Waals surface area contributed by atoms with E-state index < -0.39 is 5.82 Å². The molecule has 21 heavy (non-hydrogen) atoms. The summed E-state index contributed by atoms with van der Waals surface area (Å²) in [5.41, 5.74) is 1.36. The molecule has 1 aliphatic rings. The number of rotatable bonds is 6. The zero-order chi connectivity index (χ0) is 15.0. The monoisotopic (exact) mass is 330 g/mol. The summed E-state index contributed by atoms with van der Waals surface area (Å²) in [7, 11) is 0. The van der Waals surface area contributed by atoms with Gasteiger partial charge < -0.3 is 9.30 Å². The largest absolute Gasteiger partial charge is 0.379 e. The van der Waals surface area contributed by atoms with Crippen LogP contribution in [0.4, 0.5) is 4.39 Å². The first-order valence-corrected chi connectivity index (χ1v) is 7.94. The molecule has 0 saturated heterocycles.